The van der Waals surface area contributed by atoms with Crippen molar-refractivity contribution in [3.8, 4) is 0 Å². The minimum absolute atomic E-state index is 0.0246. The van der Waals surface area contributed by atoms with Crippen LogP contribution in [0.25, 0.3) is 0 Å². The van der Waals surface area contributed by atoms with E-state index < -0.39 is 12.0 Å². The average Bonchev–Trinajstić information content (AvgIpc) is 2.95. The first-order valence-corrected chi connectivity index (χ1v) is 7.64. The van der Waals surface area contributed by atoms with E-state index in [1.807, 2.05) is 5.38 Å². The maximum atomic E-state index is 12.2. The Balaban J connectivity index is 2.05. The van der Waals surface area contributed by atoms with Gasteiger partial charge >= 0.3 is 5.97 Å². The van der Waals surface area contributed by atoms with E-state index in [4.69, 9.17) is 5.11 Å². The van der Waals surface area contributed by atoms with Gasteiger partial charge in [0.25, 0.3) is 0 Å². The van der Waals surface area contributed by atoms with E-state index in [0.717, 1.165) is 17.1 Å². The van der Waals surface area contributed by atoms with Gasteiger partial charge in [0.05, 0.1) is 17.1 Å². The van der Waals surface area contributed by atoms with E-state index >= 15 is 0 Å². The number of rotatable bonds is 3. The van der Waals surface area contributed by atoms with Crippen LogP contribution >= 0.6 is 11.3 Å². The fourth-order valence-corrected chi connectivity index (χ4v) is 3.22. The molecule has 1 N–H and O–H groups in total. The lowest BCUT2D eigenvalue weighted by Gasteiger charge is -2.21. The highest BCUT2D eigenvalue weighted by Crippen LogP contribution is 2.26. The van der Waals surface area contributed by atoms with Crippen LogP contribution in [0.15, 0.2) is 5.38 Å². The number of nitrogens with zero attached hydrogens (tertiary/aromatic N) is 2. The Labute approximate surface area is 122 Å². The normalized spacial score (nSPS) is 19.4. The summed E-state index contributed by atoms with van der Waals surface area (Å²) in [5, 5.41) is 12.0. The molecular weight excluding hydrogens is 276 g/mol. The molecule has 2 rings (SSSR count). The van der Waals surface area contributed by atoms with Gasteiger partial charge in [-0.2, -0.15) is 0 Å². The van der Waals surface area contributed by atoms with E-state index in [0.29, 0.717) is 13.0 Å². The number of carboxylic acid groups (broad SMARTS) is 1. The number of aliphatic carboxylic acids is 1. The molecule has 5 nitrogen and oxygen atoms in total. The second kappa shape index (κ2) is 5.52. The largest absolute Gasteiger partial charge is 0.480 e. The van der Waals surface area contributed by atoms with Crippen molar-refractivity contribution in [1.82, 2.24) is 9.88 Å². The quantitative estimate of drug-likeness (QED) is 0.927. The lowest BCUT2D eigenvalue weighted by molar-refractivity contribution is -0.148. The summed E-state index contributed by atoms with van der Waals surface area (Å²) in [7, 11) is 0. The van der Waals surface area contributed by atoms with Crippen molar-refractivity contribution >= 4 is 23.2 Å². The third-order valence-electron chi connectivity index (χ3n) is 3.38. The van der Waals surface area contributed by atoms with Crippen LogP contribution in [0.3, 0.4) is 0 Å². The molecule has 0 bridgehead atoms. The first kappa shape index (κ1) is 15.0. The molecule has 0 unspecified atom stereocenters. The zero-order chi connectivity index (χ0) is 14.9. The monoisotopic (exact) mass is 296 g/mol. The Kier molecular flexibility index (Phi) is 4.13. The van der Waals surface area contributed by atoms with Gasteiger partial charge in [-0.05, 0) is 12.8 Å². The smallest absolute Gasteiger partial charge is 0.326 e. The van der Waals surface area contributed by atoms with E-state index in [9.17, 15) is 9.59 Å². The molecule has 20 heavy (non-hydrogen) atoms. The van der Waals surface area contributed by atoms with Gasteiger partial charge < -0.3 is 10.0 Å². The number of amides is 1. The molecule has 110 valence electrons. The van der Waals surface area contributed by atoms with Crippen LogP contribution in [0.5, 0.6) is 0 Å². The maximum absolute atomic E-state index is 12.2. The van der Waals surface area contributed by atoms with Crippen LogP contribution in [-0.2, 0) is 21.4 Å². The van der Waals surface area contributed by atoms with Crippen LogP contribution in [0, 0.1) is 0 Å². The summed E-state index contributed by atoms with van der Waals surface area (Å²) < 4.78 is 0. The Morgan fingerprint density at radius 1 is 1.50 bits per heavy atom. The van der Waals surface area contributed by atoms with Gasteiger partial charge in [-0.15, -0.1) is 11.3 Å². The molecule has 0 spiro atoms. The zero-order valence-corrected chi connectivity index (χ0v) is 12.9. The van der Waals surface area contributed by atoms with Crippen LogP contribution < -0.4 is 0 Å². The Bertz CT molecular complexity index is 519. The predicted octanol–water partition coefficient (Wildman–Crippen LogP) is 2.06. The van der Waals surface area contributed by atoms with Crippen molar-refractivity contribution in [3.63, 3.8) is 0 Å². The van der Waals surface area contributed by atoms with Crippen molar-refractivity contribution in [1.29, 1.82) is 0 Å². The van der Waals surface area contributed by atoms with Crippen LogP contribution in [0.1, 0.15) is 44.3 Å². The molecule has 0 radical (unpaired) electrons. The summed E-state index contributed by atoms with van der Waals surface area (Å²) in [6, 6.07) is -0.664. The third-order valence-corrected chi connectivity index (χ3v) is 4.70. The fraction of sp³-hybridized carbons (Fsp3) is 0.643. The van der Waals surface area contributed by atoms with Gasteiger partial charge in [0, 0.05) is 17.3 Å². The van der Waals surface area contributed by atoms with Gasteiger partial charge in [-0.25, -0.2) is 9.78 Å². The lowest BCUT2D eigenvalue weighted by Crippen LogP contribution is -2.41. The number of thiazole rings is 1. The van der Waals surface area contributed by atoms with Crippen molar-refractivity contribution in [2.75, 3.05) is 6.54 Å². The number of carbonyl (C=O) groups excluding carboxylic acids is 1. The van der Waals surface area contributed by atoms with Gasteiger partial charge in [-0.1, -0.05) is 20.8 Å². The molecule has 1 aliphatic heterocycles. The number of hydrogen-bond acceptors (Lipinski definition) is 4. The molecule has 1 aromatic heterocycles. The molecule has 0 aliphatic carbocycles. The third kappa shape index (κ3) is 3.17. The summed E-state index contributed by atoms with van der Waals surface area (Å²) in [6.07, 6.45) is 1.49. The lowest BCUT2D eigenvalue weighted by atomic mass is 9.98. The second-order valence-corrected chi connectivity index (χ2v) is 7.01. The molecule has 1 aliphatic rings. The zero-order valence-electron chi connectivity index (χ0n) is 12.0. The number of carboxylic acids is 1. The molecule has 1 aromatic rings. The topological polar surface area (TPSA) is 70.5 Å². The van der Waals surface area contributed by atoms with Gasteiger partial charge in [0.1, 0.15) is 6.04 Å². The average molecular weight is 296 g/mol. The predicted molar refractivity (Wildman–Crippen MR) is 76.9 cm³/mol. The summed E-state index contributed by atoms with van der Waals surface area (Å²) in [5.74, 6) is -1.05. The number of carbonyl (C=O) groups is 2. The highest BCUT2D eigenvalue weighted by atomic mass is 32.1. The summed E-state index contributed by atoms with van der Waals surface area (Å²) in [4.78, 5) is 29.3. The summed E-state index contributed by atoms with van der Waals surface area (Å²) in [5.41, 5.74) is 0.712. The van der Waals surface area contributed by atoms with Crippen LogP contribution in [-0.4, -0.2) is 39.5 Å². The van der Waals surface area contributed by atoms with Gasteiger partial charge in [0.2, 0.25) is 5.91 Å². The molecule has 0 saturated carbocycles. The molecule has 0 aromatic carbocycles. The standard InChI is InChI=1S/C14H20N2O3S/c1-14(2,3)13-15-9(8-20-13)7-11(17)16-6-4-5-10(16)12(18)19/h8,10H,4-7H2,1-3H3,(H,18,19)/t10-/m0/s1. The van der Waals surface area contributed by atoms with Crippen molar-refractivity contribution in [3.05, 3.63) is 16.1 Å². The van der Waals surface area contributed by atoms with Crippen molar-refractivity contribution in [2.45, 2.75) is 51.5 Å². The van der Waals surface area contributed by atoms with Crippen LogP contribution in [0.4, 0.5) is 0 Å². The van der Waals surface area contributed by atoms with E-state index in [1.165, 1.54) is 4.90 Å². The summed E-state index contributed by atoms with van der Waals surface area (Å²) >= 11 is 1.55. The van der Waals surface area contributed by atoms with Gasteiger partial charge in [-0.3, -0.25) is 4.79 Å². The number of likely N-dealkylation sites (tertiary alicyclic amines) is 1. The minimum atomic E-state index is -0.912. The second-order valence-electron chi connectivity index (χ2n) is 6.15. The highest BCUT2D eigenvalue weighted by molar-refractivity contribution is 7.09. The SMILES string of the molecule is CC(C)(C)c1nc(CC(=O)N2CCC[C@H]2C(=O)O)cs1. The van der Waals surface area contributed by atoms with E-state index in [-0.39, 0.29) is 17.7 Å². The van der Waals surface area contributed by atoms with Crippen LogP contribution in [0.2, 0.25) is 0 Å². The maximum Gasteiger partial charge on any atom is 0.326 e. The molecule has 1 atom stereocenters. The molecule has 1 saturated heterocycles. The van der Waals surface area contributed by atoms with E-state index in [1.54, 1.807) is 11.3 Å². The number of aromatic nitrogens is 1. The molecular formula is C14H20N2O3S. The first-order valence-electron chi connectivity index (χ1n) is 6.76. The first-order chi connectivity index (χ1) is 9.29. The highest BCUT2D eigenvalue weighted by Gasteiger charge is 2.34. The minimum Gasteiger partial charge on any atom is -0.480 e. The molecule has 1 fully saturated rings. The summed E-state index contributed by atoms with van der Waals surface area (Å²) in [6.45, 7) is 6.78. The molecule has 6 heteroatoms. The number of hydrogen-bond donors (Lipinski definition) is 1. The Hall–Kier alpha value is -1.43. The van der Waals surface area contributed by atoms with Crippen molar-refractivity contribution < 1.29 is 14.7 Å². The Morgan fingerprint density at radius 3 is 2.75 bits per heavy atom. The Morgan fingerprint density at radius 2 is 2.20 bits per heavy atom. The van der Waals surface area contributed by atoms with E-state index in [2.05, 4.69) is 25.8 Å². The molecule has 1 amide bonds. The van der Waals surface area contributed by atoms with Gasteiger partial charge in [0.15, 0.2) is 0 Å². The molecule has 2 heterocycles. The van der Waals surface area contributed by atoms with Crippen molar-refractivity contribution in [2.24, 2.45) is 0 Å². The fourth-order valence-electron chi connectivity index (χ4n) is 2.31.